The number of nitrogens with zero attached hydrogens (tertiary/aromatic N) is 2. The number of carbonyl (C=O) groups is 1. The van der Waals surface area contributed by atoms with Gasteiger partial charge in [0.2, 0.25) is 10.0 Å². The molecule has 5 rings (SSSR count). The highest BCUT2D eigenvalue weighted by molar-refractivity contribution is 7.89. The molecular formula is C23H23ClFN3O5S2. The van der Waals surface area contributed by atoms with Gasteiger partial charge in [-0.3, -0.25) is 4.79 Å². The molecule has 2 fully saturated rings. The van der Waals surface area contributed by atoms with E-state index < -0.39 is 21.7 Å². The Hall–Kier alpha value is -2.28. The highest BCUT2D eigenvalue weighted by atomic mass is 35.5. The van der Waals surface area contributed by atoms with E-state index in [1.807, 2.05) is 4.90 Å². The van der Waals surface area contributed by atoms with E-state index in [9.17, 15) is 17.6 Å². The molecule has 2 aliphatic rings. The number of amides is 1. The summed E-state index contributed by atoms with van der Waals surface area (Å²) in [6.45, 7) is 3.44. The third kappa shape index (κ3) is 4.89. The monoisotopic (exact) mass is 539 g/mol. The fraction of sp³-hybridized carbons (Fsp3) is 0.348. The smallest absolute Gasteiger partial charge is 0.267 e. The Bertz CT molecular complexity index is 1370. The molecule has 12 heteroatoms. The Balaban J connectivity index is 1.52. The predicted molar refractivity (Wildman–Crippen MR) is 134 cm³/mol. The predicted octanol–water partition coefficient (Wildman–Crippen LogP) is 3.80. The molecule has 186 valence electrons. The largest absolute Gasteiger partial charge is 0.379 e. The summed E-state index contributed by atoms with van der Waals surface area (Å²) in [6.07, 6.45) is 0. The van der Waals surface area contributed by atoms with Gasteiger partial charge in [-0.15, -0.1) is 11.3 Å². The van der Waals surface area contributed by atoms with E-state index in [1.165, 1.54) is 28.6 Å². The van der Waals surface area contributed by atoms with Gasteiger partial charge in [-0.25, -0.2) is 12.8 Å². The van der Waals surface area contributed by atoms with Crippen molar-refractivity contribution >= 4 is 60.3 Å². The molecule has 1 amide bonds. The summed E-state index contributed by atoms with van der Waals surface area (Å²) in [5, 5.41) is 3.67. The van der Waals surface area contributed by atoms with E-state index in [1.54, 1.807) is 12.1 Å². The summed E-state index contributed by atoms with van der Waals surface area (Å²) in [7, 11) is -3.77. The van der Waals surface area contributed by atoms with Crippen LogP contribution in [0.1, 0.15) is 9.67 Å². The van der Waals surface area contributed by atoms with E-state index in [-0.39, 0.29) is 27.9 Å². The zero-order valence-corrected chi connectivity index (χ0v) is 21.0. The van der Waals surface area contributed by atoms with Gasteiger partial charge in [0, 0.05) is 36.3 Å². The number of hydrogen-bond acceptors (Lipinski definition) is 7. The maximum absolute atomic E-state index is 13.7. The first-order chi connectivity index (χ1) is 16.8. The van der Waals surface area contributed by atoms with E-state index in [2.05, 4.69) is 5.32 Å². The van der Waals surface area contributed by atoms with Crippen molar-refractivity contribution in [3.8, 4) is 0 Å². The Labute approximate surface area is 211 Å². The summed E-state index contributed by atoms with van der Waals surface area (Å²) < 4.78 is 52.8. The van der Waals surface area contributed by atoms with Gasteiger partial charge in [-0.05, 0) is 36.4 Å². The lowest BCUT2D eigenvalue weighted by Crippen LogP contribution is -2.40. The number of nitrogens with one attached hydrogen (secondary N) is 1. The number of carbonyl (C=O) groups excluding carboxylic acids is 1. The van der Waals surface area contributed by atoms with Crippen molar-refractivity contribution in [1.29, 1.82) is 0 Å². The molecule has 8 nitrogen and oxygen atoms in total. The summed E-state index contributed by atoms with van der Waals surface area (Å²) in [5.41, 5.74) is 1.04. The molecule has 0 radical (unpaired) electrons. The molecule has 35 heavy (non-hydrogen) atoms. The van der Waals surface area contributed by atoms with Crippen LogP contribution in [0.4, 0.5) is 15.8 Å². The molecular weight excluding hydrogens is 517 g/mol. The van der Waals surface area contributed by atoms with E-state index in [0.717, 1.165) is 11.3 Å². The molecule has 0 aliphatic carbocycles. The molecule has 3 heterocycles. The van der Waals surface area contributed by atoms with E-state index in [0.29, 0.717) is 61.0 Å². The molecule has 3 aromatic rings. The number of rotatable bonds is 5. The van der Waals surface area contributed by atoms with Crippen LogP contribution in [0.25, 0.3) is 10.1 Å². The van der Waals surface area contributed by atoms with Crippen LogP contribution in [0.15, 0.2) is 41.3 Å². The summed E-state index contributed by atoms with van der Waals surface area (Å²) >= 11 is 7.53. The summed E-state index contributed by atoms with van der Waals surface area (Å²) in [5.74, 6) is -0.912. The van der Waals surface area contributed by atoms with Gasteiger partial charge in [0.05, 0.1) is 47.7 Å². The van der Waals surface area contributed by atoms with Gasteiger partial charge in [-0.1, -0.05) is 11.6 Å². The van der Waals surface area contributed by atoms with Crippen LogP contribution >= 0.6 is 22.9 Å². The van der Waals surface area contributed by atoms with Crippen LogP contribution in [0.3, 0.4) is 0 Å². The fourth-order valence-electron chi connectivity index (χ4n) is 4.16. The van der Waals surface area contributed by atoms with Crippen molar-refractivity contribution in [3.05, 3.63) is 52.1 Å². The second kappa shape index (κ2) is 10.00. The minimum Gasteiger partial charge on any atom is -0.379 e. The second-order valence-electron chi connectivity index (χ2n) is 8.13. The van der Waals surface area contributed by atoms with Gasteiger partial charge in [-0.2, -0.15) is 4.31 Å². The molecule has 1 N–H and O–H groups in total. The maximum atomic E-state index is 13.7. The van der Waals surface area contributed by atoms with Crippen molar-refractivity contribution in [2.45, 2.75) is 4.90 Å². The number of anilines is 2. The maximum Gasteiger partial charge on any atom is 0.267 e. The van der Waals surface area contributed by atoms with Gasteiger partial charge in [0.25, 0.3) is 5.91 Å². The van der Waals surface area contributed by atoms with Crippen LogP contribution < -0.4 is 10.2 Å². The number of fused-ring (bicyclic) bond motifs is 1. The van der Waals surface area contributed by atoms with Crippen molar-refractivity contribution in [1.82, 2.24) is 4.31 Å². The first kappa shape index (κ1) is 24.4. The summed E-state index contributed by atoms with van der Waals surface area (Å²) in [4.78, 5) is 15.6. The van der Waals surface area contributed by atoms with Gasteiger partial charge < -0.3 is 19.7 Å². The van der Waals surface area contributed by atoms with Gasteiger partial charge in [0.15, 0.2) is 0 Å². The number of sulfonamides is 1. The number of halogens is 2. The minimum absolute atomic E-state index is 0.0798. The molecule has 2 aliphatic heterocycles. The first-order valence-corrected chi connectivity index (χ1v) is 13.7. The third-order valence-corrected chi connectivity index (χ3v) is 9.52. The van der Waals surface area contributed by atoms with Crippen LogP contribution in [0, 0.1) is 5.82 Å². The Morgan fingerprint density at radius 1 is 1.00 bits per heavy atom. The second-order valence-corrected chi connectivity index (χ2v) is 11.5. The number of ether oxygens (including phenoxy) is 2. The molecule has 0 atom stereocenters. The van der Waals surface area contributed by atoms with Crippen LogP contribution in [0.5, 0.6) is 0 Å². The van der Waals surface area contributed by atoms with Gasteiger partial charge in [0.1, 0.15) is 10.7 Å². The van der Waals surface area contributed by atoms with Crippen molar-refractivity contribution in [2.75, 3.05) is 62.8 Å². The average molecular weight is 540 g/mol. The van der Waals surface area contributed by atoms with E-state index in [4.69, 9.17) is 21.1 Å². The van der Waals surface area contributed by atoms with Crippen molar-refractivity contribution in [3.63, 3.8) is 0 Å². The van der Waals surface area contributed by atoms with Crippen molar-refractivity contribution < 1.29 is 27.1 Å². The quantitative estimate of drug-likeness (QED) is 0.530. The Kier molecular flexibility index (Phi) is 6.97. The summed E-state index contributed by atoms with van der Waals surface area (Å²) in [6, 6.07) is 8.90. The lowest BCUT2D eigenvalue weighted by atomic mass is 10.2. The first-order valence-electron chi connectivity index (χ1n) is 11.1. The standard InChI is InChI=1S/C23H23ClFN3O5S2/c24-21-17-3-1-15(25)13-20(17)34-22(21)23(29)26-18-14-16(35(30,31)28-7-11-33-12-8-28)2-4-19(18)27-5-9-32-10-6-27/h1-4,13-14H,5-12H2,(H,26,29). The number of hydrogen-bond donors (Lipinski definition) is 1. The fourth-order valence-corrected chi connectivity index (χ4v) is 7.03. The SMILES string of the molecule is O=C(Nc1cc(S(=O)(=O)N2CCOCC2)ccc1N1CCOCC1)c1sc2cc(F)ccc2c1Cl. The van der Waals surface area contributed by atoms with E-state index >= 15 is 0 Å². The minimum atomic E-state index is -3.77. The van der Waals surface area contributed by atoms with Crippen LogP contribution in [-0.2, 0) is 19.5 Å². The van der Waals surface area contributed by atoms with Crippen LogP contribution in [-0.4, -0.2) is 71.2 Å². The number of morpholine rings is 2. The highest BCUT2D eigenvalue weighted by Gasteiger charge is 2.28. The zero-order chi connectivity index (χ0) is 24.6. The molecule has 0 bridgehead atoms. The topological polar surface area (TPSA) is 88.2 Å². The normalized spacial score (nSPS) is 17.6. The molecule has 2 aromatic carbocycles. The molecule has 0 unspecified atom stereocenters. The lowest BCUT2D eigenvalue weighted by molar-refractivity contribution is 0.0730. The van der Waals surface area contributed by atoms with Gasteiger partial charge >= 0.3 is 0 Å². The third-order valence-electron chi connectivity index (χ3n) is 5.97. The molecule has 1 aromatic heterocycles. The average Bonchev–Trinajstić information content (AvgIpc) is 3.20. The molecule has 2 saturated heterocycles. The number of benzene rings is 2. The molecule has 0 saturated carbocycles. The highest BCUT2D eigenvalue weighted by Crippen LogP contribution is 2.37. The zero-order valence-electron chi connectivity index (χ0n) is 18.6. The lowest BCUT2D eigenvalue weighted by Gasteiger charge is -2.31. The number of thiophene rings is 1. The molecule has 0 spiro atoms. The van der Waals surface area contributed by atoms with Crippen LogP contribution in [0.2, 0.25) is 5.02 Å². The Morgan fingerprint density at radius 3 is 2.40 bits per heavy atom. The van der Waals surface area contributed by atoms with Crippen molar-refractivity contribution in [2.24, 2.45) is 0 Å². The Morgan fingerprint density at radius 2 is 1.69 bits per heavy atom.